The molecule has 6 atom stereocenters. The normalized spacial score (nSPS) is 17.4. The number of aromatic hydroxyl groups is 1. The third kappa shape index (κ3) is 18.4. The number of carboxylic acids is 1. The molecule has 0 spiro atoms. The van der Waals surface area contributed by atoms with Crippen molar-refractivity contribution in [2.75, 3.05) is 13.2 Å². The van der Waals surface area contributed by atoms with Gasteiger partial charge in [-0.3, -0.25) is 19.4 Å². The van der Waals surface area contributed by atoms with Crippen molar-refractivity contribution in [2.24, 2.45) is 17.8 Å². The summed E-state index contributed by atoms with van der Waals surface area (Å²) in [4.78, 5) is 76.6. The van der Waals surface area contributed by atoms with Gasteiger partial charge in [0.05, 0.1) is 24.0 Å². The van der Waals surface area contributed by atoms with Crippen molar-refractivity contribution in [3.8, 4) is 5.75 Å². The number of aliphatic hydroxyl groups excluding tert-OH is 1. The fourth-order valence-corrected chi connectivity index (χ4v) is 6.32. The summed E-state index contributed by atoms with van der Waals surface area (Å²) in [5.74, 6) is -7.39. The number of hydrazine groups is 1. The topological polar surface area (TPSA) is 214 Å². The second-order valence-corrected chi connectivity index (χ2v) is 15.2. The Morgan fingerprint density at radius 3 is 2.39 bits per heavy atom. The number of carboxylic acid groups (broad SMARTS) is 1. The number of halogens is 1. The van der Waals surface area contributed by atoms with Crippen molar-refractivity contribution in [2.45, 2.75) is 110 Å². The molecular weight excluding hydrogens is 764 g/mol. The zero-order valence-electron chi connectivity index (χ0n) is 34.7. The molecule has 59 heavy (non-hydrogen) atoms. The first-order chi connectivity index (χ1) is 27.9. The summed E-state index contributed by atoms with van der Waals surface area (Å²) in [5, 5.41) is 39.4. The molecule has 0 saturated carbocycles. The van der Waals surface area contributed by atoms with Crippen LogP contribution >= 0.6 is 0 Å². The maximum atomic E-state index is 14.2. The molecule has 1 heterocycles. The van der Waals surface area contributed by atoms with Gasteiger partial charge in [0.15, 0.2) is 0 Å². The van der Waals surface area contributed by atoms with Gasteiger partial charge in [-0.15, -0.1) is 0 Å². The van der Waals surface area contributed by atoms with Gasteiger partial charge in [-0.1, -0.05) is 75.5 Å². The van der Waals surface area contributed by atoms with Crippen LogP contribution in [-0.4, -0.2) is 88.0 Å². The molecule has 324 valence electrons. The number of aliphatic carboxylic acids is 1. The number of aliphatic hydroxyl groups is 1. The first kappa shape index (κ1) is 49.7. The second-order valence-electron chi connectivity index (χ2n) is 15.2. The summed E-state index contributed by atoms with van der Waals surface area (Å²) in [6, 6.07) is -0.553. The van der Waals surface area contributed by atoms with Gasteiger partial charge >= 0.3 is 5.97 Å². The number of carbonyl (C=O) groups is 6. The number of phenols is 1. The second kappa shape index (κ2) is 25.8. The van der Waals surface area contributed by atoms with Gasteiger partial charge in [0.2, 0.25) is 11.8 Å². The van der Waals surface area contributed by atoms with Crippen molar-refractivity contribution in [3.05, 3.63) is 90.3 Å². The Kier molecular flexibility index (Phi) is 21.8. The smallest absolute Gasteiger partial charge is 0.331 e. The van der Waals surface area contributed by atoms with E-state index in [1.165, 1.54) is 25.1 Å². The standard InChI is InChI=1S/C44H61FN4O10/c1-7-23-59-38(52)19-13-16-29(4)15-11-9-8-10-12-17-30(5)40(53)35(21-20-31(6)50)41(54)47-39(28(2)3)42(55)46-37(26-32-24-33(45)27-34(51)25-32)43(56)49-22-14-18-36(48-49)44(57)58/h7-10,12-13,16,19,24-25,27-28,30,35-37,39-40,48,51,53H,1,11,14-15,17-18,20-23,26H2,2-6H3,(H,46,55)(H,47,54)(H,57,58)/p-1/b9-8+,12-10+,19-13+,29-16+/t30-,35+,36?,37?,39-,40+/m0/s1. The Morgan fingerprint density at radius 2 is 1.75 bits per heavy atom. The molecule has 1 aromatic carbocycles. The molecule has 2 unspecified atom stereocenters. The quantitative estimate of drug-likeness (QED) is 0.0441. The number of ether oxygens (including phenoxy) is 1. The minimum atomic E-state index is -1.41. The number of benzene rings is 1. The lowest BCUT2D eigenvalue weighted by Crippen LogP contribution is -2.63. The average molecular weight is 824 g/mol. The number of hydrogen-bond acceptors (Lipinski definition) is 11. The Hall–Kier alpha value is -5.41. The van der Waals surface area contributed by atoms with Crippen LogP contribution in [0.4, 0.5) is 4.39 Å². The van der Waals surface area contributed by atoms with Crippen molar-refractivity contribution in [1.82, 2.24) is 21.1 Å². The number of Topliss-reactive ketones (excluding diaryl/α,β-unsaturated/α-hetero) is 1. The number of carbonyl (C=O) groups excluding carboxylic acids is 6. The van der Waals surface area contributed by atoms with Crippen molar-refractivity contribution < 1.29 is 53.2 Å². The highest BCUT2D eigenvalue weighted by molar-refractivity contribution is 5.93. The van der Waals surface area contributed by atoms with Crippen LogP contribution in [-0.2, 0) is 39.9 Å². The van der Waals surface area contributed by atoms with Gasteiger partial charge in [0.25, 0.3) is 5.91 Å². The number of rotatable bonds is 24. The van der Waals surface area contributed by atoms with Gasteiger partial charge in [-0.05, 0) is 81.9 Å². The molecule has 0 aliphatic carbocycles. The third-order valence-corrected chi connectivity index (χ3v) is 9.67. The van der Waals surface area contributed by atoms with E-state index < -0.39 is 83.2 Å². The van der Waals surface area contributed by atoms with Gasteiger partial charge in [-0.2, -0.15) is 0 Å². The molecule has 1 fully saturated rings. The van der Waals surface area contributed by atoms with Gasteiger partial charge in [-0.25, -0.2) is 14.6 Å². The summed E-state index contributed by atoms with van der Waals surface area (Å²) in [7, 11) is 0. The third-order valence-electron chi connectivity index (χ3n) is 9.67. The number of allylic oxidation sites excluding steroid dienone is 7. The molecule has 1 aliphatic rings. The van der Waals surface area contributed by atoms with E-state index in [-0.39, 0.29) is 50.2 Å². The first-order valence-electron chi connectivity index (χ1n) is 19.9. The van der Waals surface area contributed by atoms with Gasteiger partial charge in [0, 0.05) is 31.5 Å². The predicted molar refractivity (Wildman–Crippen MR) is 218 cm³/mol. The van der Waals surface area contributed by atoms with Crippen LogP contribution in [0.25, 0.3) is 0 Å². The zero-order valence-corrected chi connectivity index (χ0v) is 34.7. The van der Waals surface area contributed by atoms with E-state index in [1.54, 1.807) is 26.8 Å². The molecule has 3 amide bonds. The summed E-state index contributed by atoms with van der Waals surface area (Å²) >= 11 is 0. The number of amides is 3. The van der Waals surface area contributed by atoms with Gasteiger partial charge < -0.3 is 40.3 Å². The van der Waals surface area contributed by atoms with Gasteiger partial charge in [0.1, 0.15) is 36.0 Å². The SMILES string of the molecule is C=CCOC(=O)/C=C/C=C(\C)CC/C=C/C=C/C[C@H](C)[C@@H](O)[C@@H](CCC(C)=O)C(=O)N[C@H](C(=O)NC(Cc1cc(O)cc(F)c1)C(=O)N1CCCC(C(=O)[O-])N1)C(C)C. The number of esters is 1. The Labute approximate surface area is 346 Å². The molecule has 2 rings (SSSR count). The zero-order chi connectivity index (χ0) is 44.1. The molecule has 0 bridgehead atoms. The lowest BCUT2D eigenvalue weighted by molar-refractivity contribution is -0.310. The summed E-state index contributed by atoms with van der Waals surface area (Å²) in [6.07, 6.45) is 14.9. The van der Waals surface area contributed by atoms with E-state index in [4.69, 9.17) is 4.74 Å². The molecule has 5 N–H and O–H groups in total. The van der Waals surface area contributed by atoms with Crippen molar-refractivity contribution in [1.29, 1.82) is 0 Å². The van der Waals surface area contributed by atoms with Crippen molar-refractivity contribution in [3.63, 3.8) is 0 Å². The maximum absolute atomic E-state index is 14.2. The number of nitrogens with one attached hydrogen (secondary N) is 3. The van der Waals surface area contributed by atoms with E-state index >= 15 is 0 Å². The monoisotopic (exact) mass is 823 g/mol. The highest BCUT2D eigenvalue weighted by atomic mass is 19.1. The Morgan fingerprint density at radius 1 is 1.03 bits per heavy atom. The molecule has 14 nitrogen and oxygen atoms in total. The van der Waals surface area contributed by atoms with Crippen LogP contribution in [0.2, 0.25) is 0 Å². The predicted octanol–water partition coefficient (Wildman–Crippen LogP) is 3.44. The van der Waals surface area contributed by atoms with E-state index in [1.807, 2.05) is 37.3 Å². The van der Waals surface area contributed by atoms with E-state index in [0.29, 0.717) is 12.8 Å². The molecule has 15 heteroatoms. The van der Waals surface area contributed by atoms with Crippen LogP contribution < -0.4 is 21.2 Å². The number of ketones is 1. The molecule has 1 aromatic rings. The summed E-state index contributed by atoms with van der Waals surface area (Å²) in [5.41, 5.74) is 3.84. The largest absolute Gasteiger partial charge is 0.548 e. The highest BCUT2D eigenvalue weighted by Gasteiger charge is 2.36. The van der Waals surface area contributed by atoms with E-state index in [0.717, 1.165) is 35.6 Å². The molecule has 1 saturated heterocycles. The molecular formula is C44H60FN4O10-. The molecule has 1 aliphatic heterocycles. The fraction of sp³-hybridized carbons (Fsp3) is 0.500. The highest BCUT2D eigenvalue weighted by Crippen LogP contribution is 2.23. The Balaban J connectivity index is 2.15. The Bertz CT molecular complexity index is 1720. The molecule has 0 radical (unpaired) electrons. The summed E-state index contributed by atoms with van der Waals surface area (Å²) < 4.78 is 19.1. The number of phenolic OH excluding ortho intramolecular Hbond substituents is 1. The van der Waals surface area contributed by atoms with Crippen LogP contribution in [0.15, 0.2) is 79.0 Å². The van der Waals surface area contributed by atoms with E-state index in [2.05, 4.69) is 22.6 Å². The lowest BCUT2D eigenvalue weighted by atomic mass is 9.85. The maximum Gasteiger partial charge on any atom is 0.331 e. The minimum absolute atomic E-state index is 0.00871. The first-order valence-corrected chi connectivity index (χ1v) is 19.9. The average Bonchev–Trinajstić information content (AvgIpc) is 3.17. The van der Waals surface area contributed by atoms with Crippen LogP contribution in [0.5, 0.6) is 5.75 Å². The number of hydrogen-bond donors (Lipinski definition) is 5. The number of nitrogens with zero attached hydrogens (tertiary/aromatic N) is 1. The molecule has 0 aromatic heterocycles. The van der Waals surface area contributed by atoms with Crippen LogP contribution in [0.1, 0.15) is 85.1 Å². The van der Waals surface area contributed by atoms with Crippen molar-refractivity contribution >= 4 is 35.4 Å². The fourth-order valence-electron chi connectivity index (χ4n) is 6.32. The summed E-state index contributed by atoms with van der Waals surface area (Å²) in [6.45, 7) is 12.2. The van der Waals surface area contributed by atoms with E-state index in [9.17, 15) is 48.5 Å². The lowest BCUT2D eigenvalue weighted by Gasteiger charge is -2.37. The minimum Gasteiger partial charge on any atom is -0.548 e. The van der Waals surface area contributed by atoms with Crippen LogP contribution in [0, 0.1) is 23.6 Å². The van der Waals surface area contributed by atoms with Crippen LogP contribution in [0.3, 0.4) is 0 Å².